The number of nitriles is 1. The lowest BCUT2D eigenvalue weighted by atomic mass is 9.95. The van der Waals surface area contributed by atoms with Crippen molar-refractivity contribution in [3.63, 3.8) is 0 Å². The van der Waals surface area contributed by atoms with Gasteiger partial charge in [0.1, 0.15) is 24.7 Å². The second-order valence-corrected chi connectivity index (χ2v) is 12.9. The molecule has 11 heteroatoms. The van der Waals surface area contributed by atoms with Crippen molar-refractivity contribution in [2.24, 2.45) is 12.5 Å². The third-order valence-electron chi connectivity index (χ3n) is 7.88. The predicted molar refractivity (Wildman–Crippen MR) is 190 cm³/mol. The molecular weight excluding hydrogens is 644 g/mol. The molecule has 1 aromatic heterocycles. The standard InChI is InChI=1S/C38H39ClN4O6/c1-8-16-48-29-12-10-27(11-13-29)43(28-18-25(23-40)19-30(21-28)49-17-15-41(6)37(47)38(3,4)5)35(44)32-22-34(42(7)24(32)2)33-20-26(39)9-14-31(33)36(45)46/h8-14,18-22H,1,15-17H2,2-7H3,(H,45,46). The van der Waals surface area contributed by atoms with Gasteiger partial charge in [-0.2, -0.15) is 5.26 Å². The highest BCUT2D eigenvalue weighted by molar-refractivity contribution is 6.31. The van der Waals surface area contributed by atoms with Crippen LogP contribution in [0.1, 0.15) is 52.7 Å². The smallest absolute Gasteiger partial charge is 0.336 e. The van der Waals surface area contributed by atoms with Gasteiger partial charge in [0, 0.05) is 53.2 Å². The molecule has 10 nitrogen and oxygen atoms in total. The summed E-state index contributed by atoms with van der Waals surface area (Å²) in [5.74, 6) is -0.695. The van der Waals surface area contributed by atoms with Crippen molar-refractivity contribution in [3.8, 4) is 28.8 Å². The van der Waals surface area contributed by atoms with E-state index in [1.54, 1.807) is 91.2 Å². The van der Waals surface area contributed by atoms with Crippen molar-refractivity contribution in [1.82, 2.24) is 9.47 Å². The average Bonchev–Trinajstić information content (AvgIpc) is 3.36. The third kappa shape index (κ3) is 8.31. The molecule has 49 heavy (non-hydrogen) atoms. The molecule has 0 radical (unpaired) electrons. The topological polar surface area (TPSA) is 125 Å². The first-order valence-electron chi connectivity index (χ1n) is 15.5. The Labute approximate surface area is 291 Å². The van der Waals surface area contributed by atoms with Gasteiger partial charge >= 0.3 is 5.97 Å². The number of carboxylic acids is 1. The molecule has 1 N–H and O–H groups in total. The van der Waals surface area contributed by atoms with Crippen LogP contribution in [-0.4, -0.2) is 59.2 Å². The molecule has 0 saturated heterocycles. The molecule has 0 aliphatic rings. The van der Waals surface area contributed by atoms with E-state index in [-0.39, 0.29) is 23.6 Å². The van der Waals surface area contributed by atoms with Gasteiger partial charge in [-0.05, 0) is 67.6 Å². The van der Waals surface area contributed by atoms with Crippen LogP contribution in [0.4, 0.5) is 11.4 Å². The summed E-state index contributed by atoms with van der Waals surface area (Å²) in [5, 5.41) is 20.2. The Balaban J connectivity index is 1.80. The van der Waals surface area contributed by atoms with Gasteiger partial charge in [0.05, 0.1) is 35.0 Å². The van der Waals surface area contributed by atoms with Crippen LogP contribution in [-0.2, 0) is 11.8 Å². The molecule has 254 valence electrons. The lowest BCUT2D eigenvalue weighted by Gasteiger charge is -2.26. The van der Waals surface area contributed by atoms with Crippen LogP contribution < -0.4 is 14.4 Å². The maximum Gasteiger partial charge on any atom is 0.336 e. The van der Waals surface area contributed by atoms with Gasteiger partial charge in [-0.3, -0.25) is 14.5 Å². The largest absolute Gasteiger partial charge is 0.492 e. The molecule has 0 aliphatic carbocycles. The number of aromatic nitrogens is 1. The zero-order valence-electron chi connectivity index (χ0n) is 28.4. The molecule has 0 aliphatic heterocycles. The monoisotopic (exact) mass is 682 g/mol. The van der Waals surface area contributed by atoms with Crippen LogP contribution >= 0.6 is 11.6 Å². The Morgan fingerprint density at radius 3 is 2.29 bits per heavy atom. The average molecular weight is 683 g/mol. The minimum absolute atomic E-state index is 0.0364. The summed E-state index contributed by atoms with van der Waals surface area (Å²) in [6.07, 6.45) is 1.63. The second kappa shape index (κ2) is 15.1. The number of likely N-dealkylation sites (N-methyl/N-ethyl adjacent to an activating group) is 1. The van der Waals surface area contributed by atoms with Crippen molar-refractivity contribution in [3.05, 3.63) is 107 Å². The number of amides is 2. The summed E-state index contributed by atoms with van der Waals surface area (Å²) in [4.78, 5) is 42.4. The molecule has 0 saturated carbocycles. The zero-order valence-corrected chi connectivity index (χ0v) is 29.2. The quantitative estimate of drug-likeness (QED) is 0.152. The normalized spacial score (nSPS) is 11.0. The van der Waals surface area contributed by atoms with Gasteiger partial charge in [0.2, 0.25) is 5.91 Å². The Hall–Kier alpha value is -5.53. The number of hydrogen-bond acceptors (Lipinski definition) is 6. The van der Waals surface area contributed by atoms with Crippen molar-refractivity contribution >= 4 is 40.8 Å². The van der Waals surface area contributed by atoms with Gasteiger partial charge in [-0.1, -0.05) is 45.0 Å². The van der Waals surface area contributed by atoms with E-state index in [4.69, 9.17) is 21.1 Å². The van der Waals surface area contributed by atoms with E-state index >= 15 is 0 Å². The number of ether oxygens (including phenoxy) is 2. The van der Waals surface area contributed by atoms with Crippen molar-refractivity contribution in [2.45, 2.75) is 27.7 Å². The molecule has 4 aromatic rings. The summed E-state index contributed by atoms with van der Waals surface area (Å²) in [7, 11) is 3.45. The molecule has 0 atom stereocenters. The highest BCUT2D eigenvalue weighted by atomic mass is 35.5. The maximum atomic E-state index is 14.6. The summed E-state index contributed by atoms with van der Waals surface area (Å²) in [6.45, 7) is 11.7. The number of benzene rings is 3. The second-order valence-electron chi connectivity index (χ2n) is 12.5. The maximum absolute atomic E-state index is 14.6. The number of carbonyl (C=O) groups is 3. The van der Waals surface area contributed by atoms with Gasteiger partial charge < -0.3 is 24.0 Å². The number of hydrogen-bond donors (Lipinski definition) is 1. The molecule has 0 fully saturated rings. The number of aromatic carboxylic acids is 1. The number of halogens is 1. The van der Waals surface area contributed by atoms with E-state index in [1.165, 1.54) is 17.0 Å². The molecule has 4 rings (SSSR count). The van der Waals surface area contributed by atoms with Crippen LogP contribution in [0.5, 0.6) is 11.5 Å². The number of anilines is 2. The first-order valence-corrected chi connectivity index (χ1v) is 15.8. The van der Waals surface area contributed by atoms with Gasteiger partial charge in [0.15, 0.2) is 0 Å². The summed E-state index contributed by atoms with van der Waals surface area (Å²) in [6, 6.07) is 20.0. The first-order chi connectivity index (χ1) is 23.2. The molecular formula is C38H39ClN4O6. The van der Waals surface area contributed by atoms with E-state index in [0.717, 1.165) is 0 Å². The highest BCUT2D eigenvalue weighted by Gasteiger charge is 2.28. The fourth-order valence-corrected chi connectivity index (χ4v) is 5.45. The lowest BCUT2D eigenvalue weighted by Crippen LogP contribution is -2.38. The molecule has 1 heterocycles. The van der Waals surface area contributed by atoms with Crippen LogP contribution in [0.15, 0.2) is 79.4 Å². The van der Waals surface area contributed by atoms with Crippen LogP contribution in [0.25, 0.3) is 11.3 Å². The fraction of sp³-hybridized carbons (Fsp3) is 0.263. The molecule has 2 amide bonds. The van der Waals surface area contributed by atoms with Crippen LogP contribution in [0, 0.1) is 23.7 Å². The number of nitrogens with zero attached hydrogens (tertiary/aromatic N) is 4. The minimum atomic E-state index is -1.13. The van der Waals surface area contributed by atoms with Gasteiger partial charge in [-0.15, -0.1) is 0 Å². The summed E-state index contributed by atoms with van der Waals surface area (Å²) < 4.78 is 13.4. The minimum Gasteiger partial charge on any atom is -0.492 e. The number of carboxylic acid groups (broad SMARTS) is 1. The Morgan fingerprint density at radius 2 is 1.67 bits per heavy atom. The van der Waals surface area contributed by atoms with E-state index in [1.807, 2.05) is 20.8 Å². The van der Waals surface area contributed by atoms with Crippen molar-refractivity contribution < 1.29 is 29.0 Å². The molecule has 0 bridgehead atoms. The predicted octanol–water partition coefficient (Wildman–Crippen LogP) is 7.65. The third-order valence-corrected chi connectivity index (χ3v) is 8.12. The first kappa shape index (κ1) is 36.3. The van der Waals surface area contributed by atoms with Crippen LogP contribution in [0.3, 0.4) is 0 Å². The van der Waals surface area contributed by atoms with E-state index in [9.17, 15) is 24.8 Å². The van der Waals surface area contributed by atoms with Crippen LogP contribution in [0.2, 0.25) is 5.02 Å². The van der Waals surface area contributed by atoms with E-state index < -0.39 is 17.3 Å². The molecule has 0 spiro atoms. The SMILES string of the molecule is C=CCOc1ccc(N(C(=O)c2cc(-c3cc(Cl)ccc3C(=O)O)n(C)c2C)c2cc(C#N)cc(OCCN(C)C(=O)C(C)(C)C)c2)cc1. The summed E-state index contributed by atoms with van der Waals surface area (Å²) >= 11 is 6.27. The van der Waals surface area contributed by atoms with Gasteiger partial charge in [-0.25, -0.2) is 4.79 Å². The zero-order chi connectivity index (χ0) is 36.0. The Kier molecular flexibility index (Phi) is 11.2. The Bertz CT molecular complexity index is 1940. The molecule has 0 unspecified atom stereocenters. The van der Waals surface area contributed by atoms with Crippen molar-refractivity contribution in [2.75, 3.05) is 31.7 Å². The highest BCUT2D eigenvalue weighted by Crippen LogP contribution is 2.36. The lowest BCUT2D eigenvalue weighted by molar-refractivity contribution is -0.138. The number of carbonyl (C=O) groups excluding carboxylic acids is 2. The van der Waals surface area contributed by atoms with E-state index in [0.29, 0.717) is 63.6 Å². The number of rotatable bonds is 12. The van der Waals surface area contributed by atoms with Crippen molar-refractivity contribution in [1.29, 1.82) is 5.26 Å². The summed E-state index contributed by atoms with van der Waals surface area (Å²) in [5.41, 5.74) is 2.30. The molecule has 3 aromatic carbocycles. The fourth-order valence-electron chi connectivity index (χ4n) is 5.27. The Morgan fingerprint density at radius 1 is 0.980 bits per heavy atom. The van der Waals surface area contributed by atoms with Gasteiger partial charge in [0.25, 0.3) is 5.91 Å². The van der Waals surface area contributed by atoms with E-state index in [2.05, 4.69) is 12.6 Å².